The van der Waals surface area contributed by atoms with Crippen molar-refractivity contribution in [1.82, 2.24) is 10.3 Å². The van der Waals surface area contributed by atoms with Gasteiger partial charge in [0, 0.05) is 32.1 Å². The normalized spacial score (nSPS) is 17.6. The number of piperidine rings is 1. The summed E-state index contributed by atoms with van der Waals surface area (Å²) in [7, 11) is 0. The van der Waals surface area contributed by atoms with Crippen LogP contribution in [0.25, 0.3) is 0 Å². The average molecular weight is 279 g/mol. The number of nitrogens with one attached hydrogen (secondary N) is 1. The summed E-state index contributed by atoms with van der Waals surface area (Å²) < 4.78 is 0. The number of halogens is 1. The monoisotopic (exact) mass is 278 g/mol. The number of nitrogens with zero attached hydrogens (tertiary/aromatic N) is 3. The van der Waals surface area contributed by atoms with Crippen LogP contribution in [-0.4, -0.2) is 35.4 Å². The number of alkyl halides is 1. The summed E-state index contributed by atoms with van der Waals surface area (Å²) in [5.74, 6) is 0.486. The van der Waals surface area contributed by atoms with Gasteiger partial charge in [-0.15, -0.1) is 11.6 Å². The van der Waals surface area contributed by atoms with Crippen LogP contribution in [0.2, 0.25) is 0 Å². The lowest BCUT2D eigenvalue weighted by Gasteiger charge is -2.38. The second kappa shape index (κ2) is 5.89. The summed E-state index contributed by atoms with van der Waals surface area (Å²) in [6.07, 6.45) is 2.89. The molecule has 1 saturated heterocycles. The number of carbonyl (C=O) groups excluding carboxylic acids is 1. The first kappa shape index (κ1) is 13.6. The van der Waals surface area contributed by atoms with E-state index in [1.165, 1.54) is 0 Å². The molecule has 1 amide bonds. The molecule has 0 unspecified atom stereocenters. The molecule has 0 saturated carbocycles. The summed E-state index contributed by atoms with van der Waals surface area (Å²) in [4.78, 5) is 17.8. The fourth-order valence-corrected chi connectivity index (χ4v) is 2.29. The highest BCUT2D eigenvalue weighted by molar-refractivity contribution is 6.27. The number of amides is 1. The molecule has 1 N–H and O–H groups in total. The number of aromatic nitrogens is 1. The summed E-state index contributed by atoms with van der Waals surface area (Å²) >= 11 is 5.47. The molecule has 1 fully saturated rings. The molecule has 5 nitrogen and oxygen atoms in total. The highest BCUT2D eigenvalue weighted by atomic mass is 35.5. The predicted octanol–water partition coefficient (Wildman–Crippen LogP) is 1.30. The van der Waals surface area contributed by atoms with E-state index in [2.05, 4.69) is 21.3 Å². The molecule has 0 aliphatic carbocycles. The number of rotatable bonds is 3. The number of nitriles is 1. The Bertz CT molecular complexity index is 477. The zero-order valence-corrected chi connectivity index (χ0v) is 11.2. The van der Waals surface area contributed by atoms with Crippen LogP contribution in [0, 0.1) is 11.3 Å². The molecule has 0 radical (unpaired) electrons. The van der Waals surface area contributed by atoms with Crippen LogP contribution in [0.3, 0.4) is 0 Å². The third-order valence-corrected chi connectivity index (χ3v) is 3.55. The van der Waals surface area contributed by atoms with E-state index in [1.807, 2.05) is 18.2 Å². The lowest BCUT2D eigenvalue weighted by atomic mass is 9.89. The Morgan fingerprint density at radius 2 is 2.26 bits per heavy atom. The van der Waals surface area contributed by atoms with Gasteiger partial charge in [0.2, 0.25) is 5.91 Å². The van der Waals surface area contributed by atoms with E-state index in [9.17, 15) is 10.1 Å². The molecular weight excluding hydrogens is 264 g/mol. The van der Waals surface area contributed by atoms with E-state index >= 15 is 0 Å². The van der Waals surface area contributed by atoms with Gasteiger partial charge in [-0.1, -0.05) is 6.07 Å². The fourth-order valence-electron chi connectivity index (χ4n) is 2.22. The number of carbonyl (C=O) groups is 1. The number of hydrogen-bond donors (Lipinski definition) is 1. The van der Waals surface area contributed by atoms with Gasteiger partial charge < -0.3 is 10.2 Å². The Balaban J connectivity index is 2.01. The van der Waals surface area contributed by atoms with Gasteiger partial charge in [-0.2, -0.15) is 5.26 Å². The van der Waals surface area contributed by atoms with Crippen molar-refractivity contribution < 1.29 is 4.79 Å². The third kappa shape index (κ3) is 3.15. The minimum atomic E-state index is -0.794. The standard InChI is InChI=1S/C13H15ClN4O/c14-9-12(19)17-13(10-15)4-7-18(8-5-13)11-3-1-2-6-16-11/h1-3,6H,4-5,7-9H2,(H,17,19). The van der Waals surface area contributed by atoms with E-state index in [1.54, 1.807) is 6.20 Å². The molecule has 1 aliphatic heterocycles. The molecule has 2 rings (SSSR count). The largest absolute Gasteiger partial charge is 0.356 e. The minimum Gasteiger partial charge on any atom is -0.356 e. The summed E-state index contributed by atoms with van der Waals surface area (Å²) in [5, 5.41) is 12.0. The van der Waals surface area contributed by atoms with Crippen LogP contribution in [0.5, 0.6) is 0 Å². The molecule has 0 atom stereocenters. The summed E-state index contributed by atoms with van der Waals surface area (Å²) in [5.41, 5.74) is -0.794. The van der Waals surface area contributed by atoms with Crippen molar-refractivity contribution in [2.45, 2.75) is 18.4 Å². The number of hydrogen-bond acceptors (Lipinski definition) is 4. The first-order valence-electron chi connectivity index (χ1n) is 6.13. The van der Waals surface area contributed by atoms with Crippen molar-refractivity contribution in [2.75, 3.05) is 23.9 Å². The zero-order valence-electron chi connectivity index (χ0n) is 10.5. The van der Waals surface area contributed by atoms with Gasteiger partial charge in [0.25, 0.3) is 0 Å². The van der Waals surface area contributed by atoms with Crippen molar-refractivity contribution in [3.05, 3.63) is 24.4 Å². The Morgan fingerprint density at radius 1 is 1.53 bits per heavy atom. The molecule has 0 spiro atoms. The predicted molar refractivity (Wildman–Crippen MR) is 72.9 cm³/mol. The summed E-state index contributed by atoms with van der Waals surface area (Å²) in [6.45, 7) is 1.38. The molecule has 2 heterocycles. The highest BCUT2D eigenvalue weighted by Gasteiger charge is 2.36. The van der Waals surface area contributed by atoms with Gasteiger partial charge in [0.05, 0.1) is 6.07 Å². The maximum Gasteiger partial charge on any atom is 0.236 e. The fraction of sp³-hybridized carbons (Fsp3) is 0.462. The molecule has 0 bridgehead atoms. The van der Waals surface area contributed by atoms with Crippen LogP contribution < -0.4 is 10.2 Å². The van der Waals surface area contributed by atoms with Gasteiger partial charge in [-0.3, -0.25) is 4.79 Å². The Kier molecular flexibility index (Phi) is 4.23. The quantitative estimate of drug-likeness (QED) is 0.846. The minimum absolute atomic E-state index is 0.118. The van der Waals surface area contributed by atoms with Gasteiger partial charge in [0.15, 0.2) is 0 Å². The molecule has 0 aromatic carbocycles. The Labute approximate surface area is 117 Å². The molecular formula is C13H15ClN4O. The number of pyridine rings is 1. The van der Waals surface area contributed by atoms with Crippen molar-refractivity contribution in [1.29, 1.82) is 5.26 Å². The Morgan fingerprint density at radius 3 is 2.79 bits per heavy atom. The first-order chi connectivity index (χ1) is 9.19. The van der Waals surface area contributed by atoms with Crippen molar-refractivity contribution in [3.63, 3.8) is 0 Å². The molecule has 6 heteroatoms. The van der Waals surface area contributed by atoms with Crippen molar-refractivity contribution >= 4 is 23.3 Å². The van der Waals surface area contributed by atoms with E-state index < -0.39 is 5.54 Å². The molecule has 1 aromatic heterocycles. The lowest BCUT2D eigenvalue weighted by molar-refractivity contribution is -0.120. The average Bonchev–Trinajstić information content (AvgIpc) is 2.48. The van der Waals surface area contributed by atoms with E-state index in [0.29, 0.717) is 25.9 Å². The number of anilines is 1. The van der Waals surface area contributed by atoms with Gasteiger partial charge in [0.1, 0.15) is 17.2 Å². The SMILES string of the molecule is N#CC1(NC(=O)CCl)CCN(c2ccccn2)CC1. The topological polar surface area (TPSA) is 69.0 Å². The second-order valence-corrected chi connectivity index (χ2v) is 4.82. The van der Waals surface area contributed by atoms with Crippen LogP contribution in [0.4, 0.5) is 5.82 Å². The van der Waals surface area contributed by atoms with E-state index in [0.717, 1.165) is 5.82 Å². The van der Waals surface area contributed by atoms with Crippen LogP contribution >= 0.6 is 11.6 Å². The Hall–Kier alpha value is -1.80. The smallest absolute Gasteiger partial charge is 0.236 e. The van der Waals surface area contributed by atoms with Crippen molar-refractivity contribution in [3.8, 4) is 6.07 Å². The second-order valence-electron chi connectivity index (χ2n) is 4.55. The van der Waals surface area contributed by atoms with E-state index in [-0.39, 0.29) is 11.8 Å². The van der Waals surface area contributed by atoms with Crippen LogP contribution in [0.15, 0.2) is 24.4 Å². The highest BCUT2D eigenvalue weighted by Crippen LogP contribution is 2.24. The van der Waals surface area contributed by atoms with Crippen LogP contribution in [0.1, 0.15) is 12.8 Å². The van der Waals surface area contributed by atoms with Gasteiger partial charge >= 0.3 is 0 Å². The van der Waals surface area contributed by atoms with Crippen molar-refractivity contribution in [2.24, 2.45) is 0 Å². The molecule has 1 aromatic rings. The lowest BCUT2D eigenvalue weighted by Crippen LogP contribution is -2.55. The maximum absolute atomic E-state index is 11.4. The van der Waals surface area contributed by atoms with Gasteiger partial charge in [-0.25, -0.2) is 4.98 Å². The third-order valence-electron chi connectivity index (χ3n) is 3.30. The maximum atomic E-state index is 11.4. The molecule has 100 valence electrons. The first-order valence-corrected chi connectivity index (χ1v) is 6.67. The van der Waals surface area contributed by atoms with Gasteiger partial charge in [-0.05, 0) is 12.1 Å². The molecule has 19 heavy (non-hydrogen) atoms. The van der Waals surface area contributed by atoms with E-state index in [4.69, 9.17) is 11.6 Å². The van der Waals surface area contributed by atoms with Crippen LogP contribution in [-0.2, 0) is 4.79 Å². The molecule has 1 aliphatic rings. The zero-order chi connectivity index (χ0) is 13.7. The summed E-state index contributed by atoms with van der Waals surface area (Å²) in [6, 6.07) is 7.96.